The second-order valence-corrected chi connectivity index (χ2v) is 10.8. The molecule has 168 valence electrons. The number of nitrogens with zero attached hydrogens (tertiary/aromatic N) is 3. The number of aryl methyl sites for hydroxylation is 2. The van der Waals surface area contributed by atoms with Crippen LogP contribution < -0.4 is 5.56 Å². The van der Waals surface area contributed by atoms with Crippen molar-refractivity contribution in [1.29, 1.82) is 0 Å². The Morgan fingerprint density at radius 2 is 1.84 bits per heavy atom. The Morgan fingerprint density at radius 1 is 1.13 bits per heavy atom. The third-order valence-corrected chi connectivity index (χ3v) is 8.17. The van der Waals surface area contributed by atoms with Crippen LogP contribution in [-0.2, 0) is 28.2 Å². The molecule has 0 unspecified atom stereocenters. The van der Waals surface area contributed by atoms with Crippen LogP contribution in [0.2, 0.25) is 0 Å². The molecule has 31 heavy (non-hydrogen) atoms. The first kappa shape index (κ1) is 22.3. The second-order valence-electron chi connectivity index (χ2n) is 8.57. The summed E-state index contributed by atoms with van der Waals surface area (Å²) < 4.78 is 0. The summed E-state index contributed by atoms with van der Waals surface area (Å²) in [5, 5.41) is 0.790. The lowest BCUT2D eigenvalue weighted by Crippen LogP contribution is -2.51. The quantitative estimate of drug-likeness (QED) is 0.667. The lowest BCUT2D eigenvalue weighted by atomic mass is 9.97. The highest BCUT2D eigenvalue weighted by atomic mass is 32.2. The minimum Gasteiger partial charge on any atom is -0.339 e. The number of carbonyl (C=O) groups excluding carboxylic acids is 2. The van der Waals surface area contributed by atoms with Crippen LogP contribution in [-0.4, -0.2) is 63.5 Å². The van der Waals surface area contributed by atoms with Gasteiger partial charge in [-0.3, -0.25) is 14.4 Å². The number of rotatable bonds is 6. The highest BCUT2D eigenvalue weighted by Crippen LogP contribution is 2.33. The lowest BCUT2D eigenvalue weighted by molar-refractivity contribution is -0.141. The molecule has 3 heterocycles. The number of H-pyrrole nitrogens is 1. The molecular formula is C22H30N4O3S2. The van der Waals surface area contributed by atoms with Gasteiger partial charge in [-0.05, 0) is 31.2 Å². The maximum atomic E-state index is 12.6. The zero-order valence-corrected chi connectivity index (χ0v) is 19.9. The topological polar surface area (TPSA) is 86.4 Å². The number of aromatic nitrogens is 2. The van der Waals surface area contributed by atoms with E-state index in [1.54, 1.807) is 23.1 Å². The standard InChI is InChI=1S/C22H30N4O3S2/c1-14(2)22(29)26-10-8-25(9-11-26)18(27)7-12-30-13-17-23-20(28)19-15-5-3-4-6-16(15)31-21(19)24-17/h14H,3-13H2,1-2H3,(H,23,24,28). The number of fused-ring (bicyclic) bond motifs is 3. The number of nitrogens with one attached hydrogen (secondary N) is 1. The number of piperazine rings is 1. The van der Waals surface area contributed by atoms with Gasteiger partial charge < -0.3 is 14.8 Å². The van der Waals surface area contributed by atoms with E-state index in [1.165, 1.54) is 16.9 Å². The number of thioether (sulfide) groups is 1. The second kappa shape index (κ2) is 9.73. The monoisotopic (exact) mass is 462 g/mol. The van der Waals surface area contributed by atoms with Crippen LogP contribution in [0.15, 0.2) is 4.79 Å². The summed E-state index contributed by atoms with van der Waals surface area (Å²) in [6, 6.07) is 0. The fraction of sp³-hybridized carbons (Fsp3) is 0.636. The number of hydrogen-bond acceptors (Lipinski definition) is 6. The normalized spacial score (nSPS) is 16.7. The van der Waals surface area contributed by atoms with Gasteiger partial charge in [0, 0.05) is 49.1 Å². The Morgan fingerprint density at radius 3 is 2.58 bits per heavy atom. The minimum atomic E-state index is -0.0232. The molecule has 1 aliphatic carbocycles. The van der Waals surface area contributed by atoms with E-state index in [0.717, 1.165) is 29.5 Å². The summed E-state index contributed by atoms with van der Waals surface area (Å²) in [7, 11) is 0. The first-order valence-electron chi connectivity index (χ1n) is 11.1. The fourth-order valence-electron chi connectivity index (χ4n) is 4.30. The molecule has 2 amide bonds. The van der Waals surface area contributed by atoms with Crippen LogP contribution in [0.4, 0.5) is 0 Å². The van der Waals surface area contributed by atoms with Crippen molar-refractivity contribution < 1.29 is 9.59 Å². The molecule has 1 saturated heterocycles. The smallest absolute Gasteiger partial charge is 0.259 e. The molecule has 2 aromatic rings. The van der Waals surface area contributed by atoms with Crippen molar-refractivity contribution in [3.05, 3.63) is 26.6 Å². The molecule has 4 rings (SSSR count). The Kier molecular flexibility index (Phi) is 7.01. The van der Waals surface area contributed by atoms with Crippen molar-refractivity contribution in [3.63, 3.8) is 0 Å². The maximum absolute atomic E-state index is 12.6. The summed E-state index contributed by atoms with van der Waals surface area (Å²) in [4.78, 5) is 50.7. The van der Waals surface area contributed by atoms with Crippen molar-refractivity contribution in [2.45, 2.75) is 51.7 Å². The Balaban J connectivity index is 1.25. The highest BCUT2D eigenvalue weighted by molar-refractivity contribution is 7.98. The molecule has 0 spiro atoms. The number of amides is 2. The zero-order chi connectivity index (χ0) is 22.0. The first-order chi connectivity index (χ1) is 14.9. The van der Waals surface area contributed by atoms with Gasteiger partial charge in [-0.2, -0.15) is 11.8 Å². The van der Waals surface area contributed by atoms with Crippen molar-refractivity contribution in [2.75, 3.05) is 31.9 Å². The van der Waals surface area contributed by atoms with Crippen molar-refractivity contribution in [1.82, 2.24) is 19.8 Å². The predicted octanol–water partition coefficient (Wildman–Crippen LogP) is 2.81. The van der Waals surface area contributed by atoms with E-state index in [0.29, 0.717) is 49.9 Å². The molecule has 1 fully saturated rings. The van der Waals surface area contributed by atoms with E-state index in [2.05, 4.69) is 4.98 Å². The number of hydrogen-bond donors (Lipinski definition) is 1. The molecule has 2 aromatic heterocycles. The van der Waals surface area contributed by atoms with Crippen LogP contribution in [0.3, 0.4) is 0 Å². The van der Waals surface area contributed by atoms with Crippen LogP contribution in [0.1, 0.15) is 49.4 Å². The Bertz CT molecular complexity index is 1020. The van der Waals surface area contributed by atoms with Gasteiger partial charge in [-0.1, -0.05) is 13.8 Å². The molecule has 7 nitrogen and oxygen atoms in total. The molecule has 2 aliphatic rings. The Hall–Kier alpha value is -1.87. The van der Waals surface area contributed by atoms with Crippen LogP contribution in [0, 0.1) is 5.92 Å². The van der Waals surface area contributed by atoms with E-state index in [1.807, 2.05) is 23.6 Å². The zero-order valence-electron chi connectivity index (χ0n) is 18.2. The van der Waals surface area contributed by atoms with Crippen molar-refractivity contribution in [3.8, 4) is 0 Å². The summed E-state index contributed by atoms with van der Waals surface area (Å²) in [6.45, 7) is 6.26. The van der Waals surface area contributed by atoms with Gasteiger partial charge in [0.15, 0.2) is 0 Å². The van der Waals surface area contributed by atoms with E-state index in [9.17, 15) is 14.4 Å². The summed E-state index contributed by atoms with van der Waals surface area (Å²) in [5.74, 6) is 2.26. The predicted molar refractivity (Wildman–Crippen MR) is 126 cm³/mol. The molecule has 0 radical (unpaired) electrons. The van der Waals surface area contributed by atoms with Gasteiger partial charge in [-0.15, -0.1) is 11.3 Å². The molecule has 1 aliphatic heterocycles. The number of aromatic amines is 1. The van der Waals surface area contributed by atoms with E-state index < -0.39 is 0 Å². The third-order valence-electron chi connectivity index (χ3n) is 6.01. The first-order valence-corrected chi connectivity index (χ1v) is 13.1. The summed E-state index contributed by atoms with van der Waals surface area (Å²) >= 11 is 3.29. The summed E-state index contributed by atoms with van der Waals surface area (Å²) in [5.41, 5.74) is 1.19. The lowest BCUT2D eigenvalue weighted by Gasteiger charge is -2.35. The average molecular weight is 463 g/mol. The van der Waals surface area contributed by atoms with Gasteiger partial charge in [0.1, 0.15) is 10.7 Å². The SMILES string of the molecule is CC(C)C(=O)N1CCN(C(=O)CCSCc2nc3sc4c(c3c(=O)[nH]2)CCCC4)CC1. The largest absolute Gasteiger partial charge is 0.339 e. The van der Waals surface area contributed by atoms with Crippen molar-refractivity contribution >= 4 is 45.1 Å². The fourth-order valence-corrected chi connectivity index (χ4v) is 6.38. The molecule has 0 bridgehead atoms. The molecule has 0 aromatic carbocycles. The molecule has 0 atom stereocenters. The van der Waals surface area contributed by atoms with E-state index >= 15 is 0 Å². The van der Waals surface area contributed by atoms with Gasteiger partial charge >= 0.3 is 0 Å². The third kappa shape index (κ3) is 4.98. The summed E-state index contributed by atoms with van der Waals surface area (Å²) in [6.07, 6.45) is 4.84. The van der Waals surface area contributed by atoms with E-state index in [4.69, 9.17) is 4.98 Å². The van der Waals surface area contributed by atoms with Gasteiger partial charge in [0.05, 0.1) is 11.1 Å². The van der Waals surface area contributed by atoms with Crippen LogP contribution in [0.5, 0.6) is 0 Å². The van der Waals surface area contributed by atoms with E-state index in [-0.39, 0.29) is 23.3 Å². The Labute approximate surface area is 190 Å². The van der Waals surface area contributed by atoms with Crippen LogP contribution in [0.25, 0.3) is 10.2 Å². The number of carbonyl (C=O) groups is 2. The van der Waals surface area contributed by atoms with Gasteiger partial charge in [0.2, 0.25) is 11.8 Å². The molecule has 9 heteroatoms. The van der Waals surface area contributed by atoms with Crippen LogP contribution >= 0.6 is 23.1 Å². The molecule has 0 saturated carbocycles. The maximum Gasteiger partial charge on any atom is 0.259 e. The number of thiophene rings is 1. The molecular weight excluding hydrogens is 432 g/mol. The molecule has 1 N–H and O–H groups in total. The van der Waals surface area contributed by atoms with Gasteiger partial charge in [0.25, 0.3) is 5.56 Å². The van der Waals surface area contributed by atoms with Crippen molar-refractivity contribution in [2.24, 2.45) is 5.92 Å². The minimum absolute atomic E-state index is 0.00226. The highest BCUT2D eigenvalue weighted by Gasteiger charge is 2.25. The van der Waals surface area contributed by atoms with Gasteiger partial charge in [-0.25, -0.2) is 4.98 Å². The average Bonchev–Trinajstić information content (AvgIpc) is 3.15.